The number of hydrogen-bond donors (Lipinski definition) is 6. The Morgan fingerprint density at radius 2 is 1.12 bits per heavy atom. The van der Waals surface area contributed by atoms with Gasteiger partial charge in [0.15, 0.2) is 7.85 Å². The molecule has 6 N–H and O–H groups in total. The lowest BCUT2D eigenvalue weighted by Crippen LogP contribution is -2.68. The van der Waals surface area contributed by atoms with Crippen molar-refractivity contribution in [3.05, 3.63) is 0 Å². The molecule has 1 aliphatic rings. The zero-order chi connectivity index (χ0) is 37.0. The number of rotatable bonds is 33. The van der Waals surface area contributed by atoms with Gasteiger partial charge in [0.25, 0.3) is 5.79 Å². The predicted octanol–water partition coefficient (Wildman–Crippen LogP) is -4.16. The van der Waals surface area contributed by atoms with Gasteiger partial charge in [-0.15, -0.1) is 0 Å². The van der Waals surface area contributed by atoms with Crippen molar-refractivity contribution in [1.82, 2.24) is 5.32 Å². The number of hydrogen-bond acceptors (Lipinski definition) is 17. The van der Waals surface area contributed by atoms with Crippen LogP contribution in [0, 0.1) is 0 Å². The minimum atomic E-state index is -2.41. The first kappa shape index (κ1) is 46.1. The van der Waals surface area contributed by atoms with Crippen molar-refractivity contribution in [3.63, 3.8) is 0 Å². The maximum atomic E-state index is 12.1. The van der Waals surface area contributed by atoms with Gasteiger partial charge >= 0.3 is 5.97 Å². The van der Waals surface area contributed by atoms with Gasteiger partial charge in [-0.3, -0.25) is 4.79 Å². The van der Waals surface area contributed by atoms with Crippen molar-refractivity contribution in [2.45, 2.75) is 56.0 Å². The van der Waals surface area contributed by atoms with Gasteiger partial charge in [-0.1, -0.05) is 0 Å². The second-order valence-corrected chi connectivity index (χ2v) is 11.1. The van der Waals surface area contributed by atoms with Gasteiger partial charge in [0.1, 0.15) is 18.3 Å². The van der Waals surface area contributed by atoms with E-state index in [1.54, 1.807) is 0 Å². The van der Waals surface area contributed by atoms with Gasteiger partial charge < -0.3 is 83.0 Å². The van der Waals surface area contributed by atoms with E-state index in [2.05, 4.69) is 5.32 Å². The standard InChI is InChI=1S/C30H56BNO18/c1-22(34)32-26-23(35)20-30(29(39)40,50-28(26)27(38)24(36)21-33)49-19-18-48-17-16-47-15-14-46-13-12-45-11-10-44-9-8-43-7-6-42-5-4-41-3-2-25(31)37/h23-24,26-28,33,35-36,38H,2-21,31H2,1H3,(H,32,34)(H,39,40). The maximum absolute atomic E-state index is 12.1. The Morgan fingerprint density at radius 1 is 0.740 bits per heavy atom. The predicted molar refractivity (Wildman–Crippen MR) is 173 cm³/mol. The molecule has 1 fully saturated rings. The maximum Gasteiger partial charge on any atom is 0.364 e. The summed E-state index contributed by atoms with van der Waals surface area (Å²) < 4.78 is 54.1. The molecule has 1 heterocycles. The van der Waals surface area contributed by atoms with Crippen molar-refractivity contribution in [3.8, 4) is 0 Å². The fourth-order valence-corrected chi connectivity index (χ4v) is 4.40. The first-order valence-corrected chi connectivity index (χ1v) is 16.6. The molecule has 0 radical (unpaired) electrons. The second kappa shape index (κ2) is 28.7. The van der Waals surface area contributed by atoms with Crippen molar-refractivity contribution in [2.24, 2.45) is 0 Å². The fraction of sp³-hybridized carbons (Fsp3) is 0.900. The van der Waals surface area contributed by atoms with E-state index in [1.807, 2.05) is 0 Å². The first-order chi connectivity index (χ1) is 24.0. The molecule has 6 atom stereocenters. The van der Waals surface area contributed by atoms with Crippen LogP contribution in [0.15, 0.2) is 0 Å². The lowest BCUT2D eigenvalue weighted by Gasteiger charge is -2.46. The molecule has 19 nitrogen and oxygen atoms in total. The molecule has 0 spiro atoms. The van der Waals surface area contributed by atoms with Crippen molar-refractivity contribution >= 4 is 25.4 Å². The van der Waals surface area contributed by atoms with Crippen LogP contribution in [0.25, 0.3) is 0 Å². The highest BCUT2D eigenvalue weighted by molar-refractivity contribution is 6.57. The average molecular weight is 730 g/mol. The van der Waals surface area contributed by atoms with E-state index in [9.17, 15) is 39.9 Å². The van der Waals surface area contributed by atoms with Crippen LogP contribution in [0.5, 0.6) is 0 Å². The molecule has 50 heavy (non-hydrogen) atoms. The molecule has 1 aliphatic heterocycles. The van der Waals surface area contributed by atoms with E-state index < -0.39 is 61.1 Å². The molecule has 292 valence electrons. The van der Waals surface area contributed by atoms with E-state index in [0.717, 1.165) is 6.92 Å². The molecule has 0 aromatic carbocycles. The monoisotopic (exact) mass is 729 g/mol. The number of aliphatic hydroxyl groups excluding tert-OH is 4. The third-order valence-electron chi connectivity index (χ3n) is 6.95. The number of nitrogens with one attached hydrogen (secondary N) is 1. The molecule has 1 saturated heterocycles. The number of carbonyl (C=O) groups excluding carboxylic acids is 2. The molecule has 0 aromatic heterocycles. The van der Waals surface area contributed by atoms with Gasteiger partial charge in [0, 0.05) is 19.8 Å². The summed E-state index contributed by atoms with van der Waals surface area (Å²) in [5.41, 5.74) is 0.100. The zero-order valence-electron chi connectivity index (χ0n) is 29.1. The average Bonchev–Trinajstić information content (AvgIpc) is 3.07. The molecule has 1 amide bonds. The minimum absolute atomic E-state index is 0.0549. The summed E-state index contributed by atoms with van der Waals surface area (Å²) in [6.45, 7) is 5.72. The van der Waals surface area contributed by atoms with Gasteiger partial charge in [-0.05, 0) is 0 Å². The highest BCUT2D eigenvalue weighted by Gasteiger charge is 2.55. The summed E-state index contributed by atoms with van der Waals surface area (Å²) in [5.74, 6) is -4.60. The molecule has 6 unspecified atom stereocenters. The third kappa shape index (κ3) is 20.8. The number of carbonyl (C=O) groups is 3. The molecule has 0 aromatic rings. The number of ether oxygens (including phenoxy) is 10. The normalized spacial score (nSPS) is 21.9. The molecular formula is C30H56BNO18. The Morgan fingerprint density at radius 3 is 1.46 bits per heavy atom. The Bertz CT molecular complexity index is 906. The minimum Gasteiger partial charge on any atom is -0.477 e. The Balaban J connectivity index is 2.02. The molecule has 0 bridgehead atoms. The highest BCUT2D eigenvalue weighted by atomic mass is 16.7. The van der Waals surface area contributed by atoms with Crippen molar-refractivity contribution in [1.29, 1.82) is 0 Å². The number of aliphatic hydroxyl groups is 4. The fourth-order valence-electron chi connectivity index (χ4n) is 4.40. The molecule has 0 saturated carbocycles. The summed E-state index contributed by atoms with van der Waals surface area (Å²) in [4.78, 5) is 34.5. The smallest absolute Gasteiger partial charge is 0.364 e. The van der Waals surface area contributed by atoms with Crippen LogP contribution in [0.1, 0.15) is 19.8 Å². The van der Waals surface area contributed by atoms with E-state index in [-0.39, 0.29) is 32.1 Å². The van der Waals surface area contributed by atoms with Crippen molar-refractivity contribution < 1.29 is 87.3 Å². The van der Waals surface area contributed by atoms with Gasteiger partial charge in [0.2, 0.25) is 5.91 Å². The van der Waals surface area contributed by atoms with Crippen LogP contribution in [-0.4, -0.2) is 206 Å². The van der Waals surface area contributed by atoms with Crippen molar-refractivity contribution in [2.75, 3.05) is 119 Å². The quantitative estimate of drug-likeness (QED) is 0.0277. The third-order valence-corrected chi connectivity index (χ3v) is 6.95. The van der Waals surface area contributed by atoms with Crippen LogP contribution in [0.3, 0.4) is 0 Å². The van der Waals surface area contributed by atoms with Gasteiger partial charge in [-0.2, -0.15) is 0 Å². The largest absolute Gasteiger partial charge is 0.477 e. The highest BCUT2D eigenvalue weighted by Crippen LogP contribution is 2.33. The van der Waals surface area contributed by atoms with Gasteiger partial charge in [-0.25, -0.2) is 4.79 Å². The summed E-state index contributed by atoms with van der Waals surface area (Å²) in [7, 11) is 1.53. The van der Waals surface area contributed by atoms with Crippen LogP contribution in [-0.2, 0) is 61.8 Å². The van der Waals surface area contributed by atoms with Gasteiger partial charge in [0.05, 0.1) is 137 Å². The summed E-state index contributed by atoms with van der Waals surface area (Å²) in [6, 6.07) is -1.28. The van der Waals surface area contributed by atoms with Crippen LogP contribution in [0.2, 0.25) is 0 Å². The summed E-state index contributed by atoms with van der Waals surface area (Å²) >= 11 is 0. The van der Waals surface area contributed by atoms with Crippen LogP contribution in [0.4, 0.5) is 0 Å². The van der Waals surface area contributed by atoms with E-state index in [0.29, 0.717) is 92.3 Å². The lowest BCUT2D eigenvalue weighted by molar-refractivity contribution is -0.312. The zero-order valence-corrected chi connectivity index (χ0v) is 29.1. The number of aliphatic carboxylic acids is 1. The first-order valence-electron chi connectivity index (χ1n) is 16.6. The second-order valence-electron chi connectivity index (χ2n) is 11.1. The molecule has 20 heteroatoms. The summed E-state index contributed by atoms with van der Waals surface area (Å²) in [6.07, 6.45) is -6.91. The Labute approximate surface area is 293 Å². The lowest BCUT2D eigenvalue weighted by atomic mass is 9.88. The molecule has 0 aliphatic carbocycles. The van der Waals surface area contributed by atoms with Crippen LogP contribution >= 0.6 is 0 Å². The Kier molecular flexibility index (Phi) is 26.5. The molecular weight excluding hydrogens is 673 g/mol. The van der Waals surface area contributed by atoms with E-state index in [1.165, 1.54) is 7.85 Å². The molecule has 1 rings (SSSR count). The number of amides is 1. The SMILES string of the molecule is BC(=O)CCOCCOCCOCCOCCOCCOCCOCCOCCOC1(C(=O)O)CC(O)C(NC(C)=O)C(C(O)C(O)CO)O1. The number of carboxylic acids is 1. The van der Waals surface area contributed by atoms with E-state index >= 15 is 0 Å². The topological polar surface area (TPSA) is 257 Å². The number of carboxylic acid groups (broad SMARTS) is 1. The van der Waals surface area contributed by atoms with E-state index in [4.69, 9.17) is 47.4 Å². The Hall–Kier alpha value is -1.89. The van der Waals surface area contributed by atoms with Crippen LogP contribution < -0.4 is 5.32 Å². The summed E-state index contributed by atoms with van der Waals surface area (Å²) in [5, 5.41) is 52.3.